The van der Waals surface area contributed by atoms with Gasteiger partial charge in [-0.3, -0.25) is 0 Å². The minimum atomic E-state index is -0.882. The molecule has 2 N–H and O–H groups in total. The summed E-state index contributed by atoms with van der Waals surface area (Å²) in [6.45, 7) is 2.93. The van der Waals surface area contributed by atoms with Crippen LogP contribution in [0.25, 0.3) is 0 Å². The Kier molecular flexibility index (Phi) is 3.52. The standard InChI is InChI=1S/C12H16ClN5O2/c13-9-6-14-11(16-10(9)17-3-1-4-17)15-8-2-5-18(7-8)12(19)20/h6,8H,1-5,7H2,(H,19,20)(H,14,15,16). The molecule has 0 radical (unpaired) electrons. The molecular formula is C12H16ClN5O2. The fourth-order valence-electron chi connectivity index (χ4n) is 2.41. The highest BCUT2D eigenvalue weighted by Gasteiger charge is 2.27. The Labute approximate surface area is 121 Å². The molecule has 0 spiro atoms. The molecule has 108 valence electrons. The van der Waals surface area contributed by atoms with Gasteiger partial charge in [0.15, 0.2) is 5.82 Å². The van der Waals surface area contributed by atoms with Crippen LogP contribution in [0.2, 0.25) is 5.02 Å². The van der Waals surface area contributed by atoms with E-state index in [9.17, 15) is 4.79 Å². The number of amides is 1. The van der Waals surface area contributed by atoms with Crippen LogP contribution >= 0.6 is 11.6 Å². The molecule has 7 nitrogen and oxygen atoms in total. The number of nitrogens with one attached hydrogen (secondary N) is 1. The van der Waals surface area contributed by atoms with E-state index in [0.717, 1.165) is 31.7 Å². The van der Waals surface area contributed by atoms with E-state index in [1.807, 2.05) is 0 Å². The fourth-order valence-corrected chi connectivity index (χ4v) is 2.62. The number of rotatable bonds is 3. The van der Waals surface area contributed by atoms with E-state index < -0.39 is 6.09 Å². The number of carbonyl (C=O) groups is 1. The largest absolute Gasteiger partial charge is 0.465 e. The third-order valence-corrected chi connectivity index (χ3v) is 3.94. The SMILES string of the molecule is O=C(O)N1CCC(Nc2ncc(Cl)c(N3CCC3)n2)C1. The van der Waals surface area contributed by atoms with E-state index >= 15 is 0 Å². The van der Waals surface area contributed by atoms with Crippen molar-refractivity contribution in [1.82, 2.24) is 14.9 Å². The average molecular weight is 298 g/mol. The first-order valence-electron chi connectivity index (χ1n) is 6.65. The molecule has 3 heterocycles. The van der Waals surface area contributed by atoms with E-state index in [2.05, 4.69) is 20.2 Å². The Bertz CT molecular complexity index is 523. The van der Waals surface area contributed by atoms with Gasteiger partial charge < -0.3 is 20.2 Å². The average Bonchev–Trinajstić information content (AvgIpc) is 2.80. The second-order valence-corrected chi connectivity index (χ2v) is 5.47. The Morgan fingerprint density at radius 3 is 2.85 bits per heavy atom. The lowest BCUT2D eigenvalue weighted by atomic mass is 10.2. The molecule has 1 amide bonds. The van der Waals surface area contributed by atoms with E-state index in [-0.39, 0.29) is 6.04 Å². The molecule has 0 bridgehead atoms. The van der Waals surface area contributed by atoms with Crippen LogP contribution in [0.1, 0.15) is 12.8 Å². The third-order valence-electron chi connectivity index (χ3n) is 3.67. The quantitative estimate of drug-likeness (QED) is 0.880. The van der Waals surface area contributed by atoms with Gasteiger partial charge in [0, 0.05) is 32.2 Å². The van der Waals surface area contributed by atoms with Crippen LogP contribution in [0.3, 0.4) is 0 Å². The van der Waals surface area contributed by atoms with Gasteiger partial charge >= 0.3 is 6.09 Å². The van der Waals surface area contributed by atoms with Crippen LogP contribution in [0, 0.1) is 0 Å². The normalized spacial score (nSPS) is 21.8. The molecule has 1 atom stereocenters. The lowest BCUT2D eigenvalue weighted by molar-refractivity contribution is 0.155. The minimum Gasteiger partial charge on any atom is -0.465 e. The molecule has 1 unspecified atom stereocenters. The molecule has 1 aromatic rings. The summed E-state index contributed by atoms with van der Waals surface area (Å²) in [6.07, 6.45) is 2.62. The van der Waals surface area contributed by atoms with E-state index in [1.54, 1.807) is 6.20 Å². The zero-order valence-electron chi connectivity index (χ0n) is 10.9. The number of hydrogen-bond donors (Lipinski definition) is 2. The van der Waals surface area contributed by atoms with Gasteiger partial charge in [0.25, 0.3) is 0 Å². The van der Waals surface area contributed by atoms with Gasteiger partial charge in [0.05, 0.1) is 6.20 Å². The summed E-state index contributed by atoms with van der Waals surface area (Å²) in [6, 6.07) is 0.0523. The third kappa shape index (κ3) is 2.58. The number of carboxylic acid groups (broad SMARTS) is 1. The molecular weight excluding hydrogens is 282 g/mol. The summed E-state index contributed by atoms with van der Waals surface area (Å²) >= 11 is 6.10. The Balaban J connectivity index is 1.67. The molecule has 0 aromatic carbocycles. The van der Waals surface area contributed by atoms with Crippen LogP contribution in [-0.4, -0.2) is 58.3 Å². The maximum atomic E-state index is 10.9. The van der Waals surface area contributed by atoms with Gasteiger partial charge in [0.2, 0.25) is 5.95 Å². The predicted octanol–water partition coefficient (Wildman–Crippen LogP) is 1.50. The molecule has 1 aromatic heterocycles. The van der Waals surface area contributed by atoms with Gasteiger partial charge in [-0.1, -0.05) is 11.6 Å². The minimum absolute atomic E-state index is 0.0523. The Hall–Kier alpha value is -1.76. The van der Waals surface area contributed by atoms with Crippen LogP contribution in [0.15, 0.2) is 6.20 Å². The second-order valence-electron chi connectivity index (χ2n) is 5.06. The van der Waals surface area contributed by atoms with Crippen molar-refractivity contribution in [2.75, 3.05) is 36.4 Å². The van der Waals surface area contributed by atoms with Crippen molar-refractivity contribution in [3.05, 3.63) is 11.2 Å². The van der Waals surface area contributed by atoms with Crippen molar-refractivity contribution in [2.24, 2.45) is 0 Å². The van der Waals surface area contributed by atoms with E-state index in [0.29, 0.717) is 24.1 Å². The van der Waals surface area contributed by atoms with E-state index in [1.165, 1.54) is 4.90 Å². The number of aromatic nitrogens is 2. The highest BCUT2D eigenvalue weighted by atomic mass is 35.5. The highest BCUT2D eigenvalue weighted by Crippen LogP contribution is 2.27. The summed E-state index contributed by atoms with van der Waals surface area (Å²) in [5.74, 6) is 1.26. The zero-order valence-corrected chi connectivity index (χ0v) is 11.7. The van der Waals surface area contributed by atoms with Gasteiger partial charge in [-0.25, -0.2) is 9.78 Å². The second kappa shape index (κ2) is 5.32. The Morgan fingerprint density at radius 1 is 1.45 bits per heavy atom. The maximum absolute atomic E-state index is 10.9. The van der Waals surface area contributed by atoms with Crippen molar-refractivity contribution in [3.8, 4) is 0 Å². The topological polar surface area (TPSA) is 81.6 Å². The van der Waals surface area contributed by atoms with Crippen molar-refractivity contribution >= 4 is 29.5 Å². The number of hydrogen-bond acceptors (Lipinski definition) is 5. The number of anilines is 2. The first-order chi connectivity index (χ1) is 9.63. The van der Waals surface area contributed by atoms with Gasteiger partial charge in [-0.2, -0.15) is 4.98 Å². The summed E-state index contributed by atoms with van der Waals surface area (Å²) in [5, 5.41) is 12.7. The van der Waals surface area contributed by atoms with Crippen LogP contribution in [0.4, 0.5) is 16.6 Å². The lowest BCUT2D eigenvalue weighted by Gasteiger charge is -2.32. The summed E-state index contributed by atoms with van der Waals surface area (Å²) in [4.78, 5) is 23.0. The predicted molar refractivity (Wildman–Crippen MR) is 75.5 cm³/mol. The van der Waals surface area contributed by atoms with Crippen molar-refractivity contribution in [1.29, 1.82) is 0 Å². The van der Waals surface area contributed by atoms with Crippen LogP contribution in [0.5, 0.6) is 0 Å². The molecule has 0 saturated carbocycles. The van der Waals surface area contributed by atoms with Crippen LogP contribution < -0.4 is 10.2 Å². The number of likely N-dealkylation sites (tertiary alicyclic amines) is 1. The van der Waals surface area contributed by atoms with Crippen molar-refractivity contribution < 1.29 is 9.90 Å². The molecule has 3 rings (SSSR count). The molecule has 2 aliphatic heterocycles. The molecule has 8 heteroatoms. The first kappa shape index (κ1) is 13.2. The number of halogens is 1. The molecule has 2 saturated heterocycles. The molecule has 0 aliphatic carbocycles. The monoisotopic (exact) mass is 297 g/mol. The van der Waals surface area contributed by atoms with E-state index in [4.69, 9.17) is 16.7 Å². The van der Waals surface area contributed by atoms with Crippen molar-refractivity contribution in [2.45, 2.75) is 18.9 Å². The molecule has 2 aliphatic rings. The molecule has 20 heavy (non-hydrogen) atoms. The summed E-state index contributed by atoms with van der Waals surface area (Å²) in [5.41, 5.74) is 0. The highest BCUT2D eigenvalue weighted by molar-refractivity contribution is 6.32. The maximum Gasteiger partial charge on any atom is 0.407 e. The molecule has 2 fully saturated rings. The van der Waals surface area contributed by atoms with Gasteiger partial charge in [-0.05, 0) is 12.8 Å². The zero-order chi connectivity index (χ0) is 14.1. The Morgan fingerprint density at radius 2 is 2.25 bits per heavy atom. The first-order valence-corrected chi connectivity index (χ1v) is 7.03. The number of nitrogens with zero attached hydrogens (tertiary/aromatic N) is 4. The van der Waals surface area contributed by atoms with Crippen molar-refractivity contribution in [3.63, 3.8) is 0 Å². The lowest BCUT2D eigenvalue weighted by Crippen LogP contribution is -2.38. The van der Waals surface area contributed by atoms with Gasteiger partial charge in [0.1, 0.15) is 5.02 Å². The van der Waals surface area contributed by atoms with Crippen LogP contribution in [-0.2, 0) is 0 Å². The fraction of sp³-hybridized carbons (Fsp3) is 0.583. The van der Waals surface area contributed by atoms with Gasteiger partial charge in [-0.15, -0.1) is 0 Å². The summed E-state index contributed by atoms with van der Waals surface area (Å²) in [7, 11) is 0. The summed E-state index contributed by atoms with van der Waals surface area (Å²) < 4.78 is 0. The smallest absolute Gasteiger partial charge is 0.407 e.